The molecule has 2 aromatic rings. The van der Waals surface area contributed by atoms with E-state index in [4.69, 9.17) is 16.3 Å². The molecule has 0 radical (unpaired) electrons. The van der Waals surface area contributed by atoms with E-state index in [0.717, 1.165) is 5.69 Å². The van der Waals surface area contributed by atoms with Gasteiger partial charge in [0, 0.05) is 43.1 Å². The highest BCUT2D eigenvalue weighted by molar-refractivity contribution is 6.30. The first-order valence-electron chi connectivity index (χ1n) is 9.02. The van der Waals surface area contributed by atoms with Crippen LogP contribution in [0.5, 0.6) is 5.75 Å². The van der Waals surface area contributed by atoms with Crippen LogP contribution in [0.3, 0.4) is 0 Å². The van der Waals surface area contributed by atoms with E-state index >= 15 is 0 Å². The SMILES string of the molecule is COc1ccc(Cl)cc1N/C=C(/C#N)C(=O)N1CCN(c2ccc(F)cc2)CC1. The molecule has 0 spiro atoms. The number of carbonyl (C=O) groups is 1. The molecule has 0 unspecified atom stereocenters. The van der Waals surface area contributed by atoms with Crippen LogP contribution in [0, 0.1) is 17.1 Å². The highest BCUT2D eigenvalue weighted by atomic mass is 35.5. The van der Waals surface area contributed by atoms with Gasteiger partial charge in [0.15, 0.2) is 0 Å². The van der Waals surface area contributed by atoms with Crippen molar-refractivity contribution < 1.29 is 13.9 Å². The second kappa shape index (κ2) is 9.30. The number of rotatable bonds is 5. The van der Waals surface area contributed by atoms with Gasteiger partial charge in [-0.15, -0.1) is 0 Å². The second-order valence-corrected chi connectivity index (χ2v) is 6.85. The van der Waals surface area contributed by atoms with Crippen LogP contribution in [0.2, 0.25) is 5.02 Å². The number of benzene rings is 2. The minimum Gasteiger partial charge on any atom is -0.495 e. The normalized spacial score (nSPS) is 14.3. The Morgan fingerprint density at radius 1 is 1.21 bits per heavy atom. The van der Waals surface area contributed by atoms with Crippen LogP contribution in [0.4, 0.5) is 15.8 Å². The van der Waals surface area contributed by atoms with Crippen molar-refractivity contribution in [1.29, 1.82) is 5.26 Å². The van der Waals surface area contributed by atoms with Gasteiger partial charge in [-0.1, -0.05) is 11.6 Å². The fraction of sp³-hybridized carbons (Fsp3) is 0.238. The average Bonchev–Trinajstić information content (AvgIpc) is 2.75. The van der Waals surface area contributed by atoms with Gasteiger partial charge in [-0.05, 0) is 42.5 Å². The molecule has 1 aliphatic rings. The molecule has 6 nitrogen and oxygen atoms in total. The van der Waals surface area contributed by atoms with E-state index in [1.54, 1.807) is 35.2 Å². The third kappa shape index (κ3) is 4.98. The van der Waals surface area contributed by atoms with Crippen molar-refractivity contribution in [2.75, 3.05) is 43.5 Å². The summed E-state index contributed by atoms with van der Waals surface area (Å²) in [5.41, 5.74) is 1.45. The predicted octanol–water partition coefficient (Wildman–Crippen LogP) is 3.66. The molecule has 29 heavy (non-hydrogen) atoms. The summed E-state index contributed by atoms with van der Waals surface area (Å²) in [7, 11) is 1.52. The number of amides is 1. The maximum Gasteiger partial charge on any atom is 0.266 e. The standard InChI is InChI=1S/C21H20ClFN4O2/c1-29-20-7-2-16(22)12-19(20)25-14-15(13-24)21(28)27-10-8-26(9-11-27)18-5-3-17(23)4-6-18/h2-7,12,14,25H,8-11H2,1H3/b15-14-. The van der Waals surface area contributed by atoms with Crippen LogP contribution in [0.1, 0.15) is 0 Å². The van der Waals surface area contributed by atoms with Crippen molar-refractivity contribution in [1.82, 2.24) is 4.90 Å². The first-order valence-corrected chi connectivity index (χ1v) is 9.39. The lowest BCUT2D eigenvalue weighted by molar-refractivity contribution is -0.127. The summed E-state index contributed by atoms with van der Waals surface area (Å²) in [4.78, 5) is 16.4. The Balaban J connectivity index is 1.64. The molecule has 1 saturated heterocycles. The molecule has 150 valence electrons. The first kappa shape index (κ1) is 20.5. The van der Waals surface area contributed by atoms with Crippen LogP contribution in [0.25, 0.3) is 0 Å². The van der Waals surface area contributed by atoms with Crippen LogP contribution in [-0.2, 0) is 4.79 Å². The van der Waals surface area contributed by atoms with Gasteiger partial charge in [-0.3, -0.25) is 4.79 Å². The molecule has 0 aliphatic carbocycles. The lowest BCUT2D eigenvalue weighted by atomic mass is 10.2. The summed E-state index contributed by atoms with van der Waals surface area (Å²) >= 11 is 6.00. The molecule has 0 atom stereocenters. The Morgan fingerprint density at radius 3 is 2.52 bits per heavy atom. The van der Waals surface area contributed by atoms with Gasteiger partial charge in [-0.2, -0.15) is 5.26 Å². The van der Waals surface area contributed by atoms with Gasteiger partial charge in [-0.25, -0.2) is 4.39 Å². The summed E-state index contributed by atoms with van der Waals surface area (Å²) in [6.45, 7) is 2.14. The fourth-order valence-corrected chi connectivity index (χ4v) is 3.25. The summed E-state index contributed by atoms with van der Waals surface area (Å²) in [6.07, 6.45) is 1.36. The number of piperazine rings is 1. The van der Waals surface area contributed by atoms with Crippen LogP contribution < -0.4 is 15.0 Å². The van der Waals surface area contributed by atoms with Crippen LogP contribution in [0.15, 0.2) is 54.2 Å². The molecule has 1 aliphatic heterocycles. The van der Waals surface area contributed by atoms with E-state index in [2.05, 4.69) is 10.2 Å². The molecule has 0 bridgehead atoms. The zero-order valence-corrected chi connectivity index (χ0v) is 16.6. The van der Waals surface area contributed by atoms with E-state index < -0.39 is 0 Å². The second-order valence-electron chi connectivity index (χ2n) is 6.41. The molecule has 8 heteroatoms. The highest BCUT2D eigenvalue weighted by Crippen LogP contribution is 2.28. The minimum atomic E-state index is -0.347. The Kier molecular flexibility index (Phi) is 6.57. The van der Waals surface area contributed by atoms with Crippen molar-refractivity contribution in [3.63, 3.8) is 0 Å². The zero-order chi connectivity index (χ0) is 20.8. The number of nitriles is 1. The van der Waals surface area contributed by atoms with Crippen molar-refractivity contribution in [3.05, 3.63) is 65.1 Å². The topological polar surface area (TPSA) is 68.6 Å². The highest BCUT2D eigenvalue weighted by Gasteiger charge is 2.24. The molecule has 2 aromatic carbocycles. The number of methoxy groups -OCH3 is 1. The molecule has 0 aromatic heterocycles. The van der Waals surface area contributed by atoms with Gasteiger partial charge < -0.3 is 19.9 Å². The number of hydrogen-bond acceptors (Lipinski definition) is 5. The maximum atomic E-state index is 13.1. The van der Waals surface area contributed by atoms with E-state index in [-0.39, 0.29) is 17.3 Å². The van der Waals surface area contributed by atoms with Crippen LogP contribution in [-0.4, -0.2) is 44.1 Å². The molecule has 1 fully saturated rings. The number of ether oxygens (including phenoxy) is 1. The predicted molar refractivity (Wildman–Crippen MR) is 111 cm³/mol. The molecule has 1 amide bonds. The van der Waals surface area contributed by atoms with E-state index in [0.29, 0.717) is 42.6 Å². The molecule has 3 rings (SSSR count). The van der Waals surface area contributed by atoms with Crippen molar-refractivity contribution in [2.24, 2.45) is 0 Å². The lowest BCUT2D eigenvalue weighted by Crippen LogP contribution is -2.49. The average molecular weight is 415 g/mol. The van der Waals surface area contributed by atoms with Gasteiger partial charge >= 0.3 is 0 Å². The number of anilines is 2. The van der Waals surface area contributed by atoms with Crippen molar-refractivity contribution in [3.8, 4) is 11.8 Å². The number of halogens is 2. The van der Waals surface area contributed by atoms with Crippen molar-refractivity contribution in [2.45, 2.75) is 0 Å². The largest absolute Gasteiger partial charge is 0.495 e. The molecular weight excluding hydrogens is 395 g/mol. The van der Waals surface area contributed by atoms with E-state index in [1.165, 1.54) is 25.4 Å². The molecular formula is C21H20ClFN4O2. The number of nitrogens with one attached hydrogen (secondary N) is 1. The Morgan fingerprint density at radius 2 is 1.90 bits per heavy atom. The van der Waals surface area contributed by atoms with Crippen LogP contribution >= 0.6 is 11.6 Å². The fourth-order valence-electron chi connectivity index (χ4n) is 3.07. The van der Waals surface area contributed by atoms with Gasteiger partial charge in [0.05, 0.1) is 12.8 Å². The third-order valence-corrected chi connectivity index (χ3v) is 4.88. The summed E-state index contributed by atoms with van der Waals surface area (Å²) < 4.78 is 18.3. The summed E-state index contributed by atoms with van der Waals surface area (Å²) in [5.74, 6) is -0.0850. The first-order chi connectivity index (χ1) is 14.0. The third-order valence-electron chi connectivity index (χ3n) is 4.64. The Bertz CT molecular complexity index is 948. The molecule has 1 heterocycles. The number of carbonyl (C=O) groups excluding carboxylic acids is 1. The zero-order valence-electron chi connectivity index (χ0n) is 15.9. The van der Waals surface area contributed by atoms with Gasteiger partial charge in [0.1, 0.15) is 23.2 Å². The van der Waals surface area contributed by atoms with Gasteiger partial charge in [0.2, 0.25) is 0 Å². The quantitative estimate of drug-likeness (QED) is 0.597. The number of nitrogens with zero attached hydrogens (tertiary/aromatic N) is 3. The molecule has 1 N–H and O–H groups in total. The smallest absolute Gasteiger partial charge is 0.266 e. The Hall–Kier alpha value is -3.24. The van der Waals surface area contributed by atoms with Crippen molar-refractivity contribution >= 4 is 28.9 Å². The monoisotopic (exact) mass is 414 g/mol. The van der Waals surface area contributed by atoms with Gasteiger partial charge in [0.25, 0.3) is 5.91 Å². The Labute approximate surface area is 173 Å². The molecule has 0 saturated carbocycles. The summed E-state index contributed by atoms with van der Waals surface area (Å²) in [6, 6.07) is 13.2. The minimum absolute atomic E-state index is 0.0118. The van der Waals surface area contributed by atoms with E-state index in [9.17, 15) is 14.4 Å². The summed E-state index contributed by atoms with van der Waals surface area (Å²) in [5, 5.41) is 12.9. The lowest BCUT2D eigenvalue weighted by Gasteiger charge is -2.36. The maximum absolute atomic E-state index is 13.1. The van der Waals surface area contributed by atoms with E-state index in [1.807, 2.05) is 6.07 Å². The number of hydrogen-bond donors (Lipinski definition) is 1.